The van der Waals surface area contributed by atoms with Crippen molar-refractivity contribution in [2.24, 2.45) is 0 Å². The number of fused-ring (bicyclic) bond motifs is 1. The van der Waals surface area contributed by atoms with Crippen LogP contribution in [0.15, 0.2) is 54.9 Å². The van der Waals surface area contributed by atoms with Gasteiger partial charge in [-0.25, -0.2) is 0 Å². The Morgan fingerprint density at radius 1 is 1.22 bits per heavy atom. The first-order valence-electron chi connectivity index (χ1n) is 8.54. The Hall–Kier alpha value is -3.26. The largest absolute Gasteiger partial charge is 0.494 e. The fourth-order valence-corrected chi connectivity index (χ4v) is 3.35. The Bertz CT molecular complexity index is 1040. The fraction of sp³-hybridized carbons (Fsp3) is 0.158. The Morgan fingerprint density at radius 3 is 2.85 bits per heavy atom. The SMILES string of the molecule is CCCOc1ccc(C(=O)Nc2cccc(-c3nn4cnnc4s3)c2)cc1. The second kappa shape index (κ2) is 7.55. The van der Waals surface area contributed by atoms with Gasteiger partial charge in [0, 0.05) is 16.8 Å². The second-order valence-electron chi connectivity index (χ2n) is 5.87. The molecule has 0 aliphatic heterocycles. The summed E-state index contributed by atoms with van der Waals surface area (Å²) in [7, 11) is 0. The number of anilines is 1. The van der Waals surface area contributed by atoms with Gasteiger partial charge >= 0.3 is 0 Å². The van der Waals surface area contributed by atoms with Gasteiger partial charge < -0.3 is 10.1 Å². The minimum absolute atomic E-state index is 0.174. The molecule has 4 rings (SSSR count). The van der Waals surface area contributed by atoms with Crippen LogP contribution in [-0.2, 0) is 0 Å². The Balaban J connectivity index is 1.49. The van der Waals surface area contributed by atoms with E-state index in [0.717, 1.165) is 27.7 Å². The van der Waals surface area contributed by atoms with Gasteiger partial charge in [-0.3, -0.25) is 4.79 Å². The van der Waals surface area contributed by atoms with E-state index < -0.39 is 0 Å². The molecule has 1 amide bonds. The molecular weight excluding hydrogens is 362 g/mol. The van der Waals surface area contributed by atoms with Crippen molar-refractivity contribution in [1.29, 1.82) is 0 Å². The smallest absolute Gasteiger partial charge is 0.255 e. The molecule has 0 aliphatic rings. The van der Waals surface area contributed by atoms with Gasteiger partial charge in [-0.15, -0.1) is 10.2 Å². The van der Waals surface area contributed by atoms with Crippen LogP contribution in [0.4, 0.5) is 5.69 Å². The molecule has 7 nitrogen and oxygen atoms in total. The van der Waals surface area contributed by atoms with E-state index in [9.17, 15) is 4.79 Å². The van der Waals surface area contributed by atoms with Gasteiger partial charge in [0.2, 0.25) is 4.96 Å². The van der Waals surface area contributed by atoms with Crippen molar-refractivity contribution in [2.45, 2.75) is 13.3 Å². The number of benzene rings is 2. The summed E-state index contributed by atoms with van der Waals surface area (Å²) in [4.78, 5) is 13.2. The third-order valence-electron chi connectivity index (χ3n) is 3.84. The zero-order valence-electron chi connectivity index (χ0n) is 14.6. The summed E-state index contributed by atoms with van der Waals surface area (Å²) in [6.07, 6.45) is 2.51. The molecule has 0 radical (unpaired) electrons. The van der Waals surface area contributed by atoms with Crippen LogP contribution < -0.4 is 10.1 Å². The zero-order valence-corrected chi connectivity index (χ0v) is 15.4. The third-order valence-corrected chi connectivity index (χ3v) is 4.81. The summed E-state index contributed by atoms with van der Waals surface area (Å²) in [5.41, 5.74) is 2.18. The minimum Gasteiger partial charge on any atom is -0.494 e. The number of rotatable bonds is 6. The summed E-state index contributed by atoms with van der Waals surface area (Å²) in [6.45, 7) is 2.71. The standard InChI is InChI=1S/C19H17N5O2S/c1-2-10-26-16-8-6-13(7-9-16)17(25)21-15-5-3-4-14(11-15)18-23-24-12-20-22-19(24)27-18/h3-9,11-12H,2,10H2,1H3,(H,21,25). The fourth-order valence-electron chi connectivity index (χ4n) is 2.53. The van der Waals surface area contributed by atoms with E-state index in [-0.39, 0.29) is 5.91 Å². The van der Waals surface area contributed by atoms with Crippen LogP contribution in [0.3, 0.4) is 0 Å². The molecule has 0 bridgehead atoms. The molecule has 2 heterocycles. The lowest BCUT2D eigenvalue weighted by atomic mass is 10.1. The van der Waals surface area contributed by atoms with Crippen LogP contribution >= 0.6 is 11.3 Å². The lowest BCUT2D eigenvalue weighted by Gasteiger charge is -2.08. The van der Waals surface area contributed by atoms with Crippen LogP contribution in [-0.4, -0.2) is 32.3 Å². The van der Waals surface area contributed by atoms with Crippen molar-refractivity contribution in [3.05, 3.63) is 60.4 Å². The van der Waals surface area contributed by atoms with Crippen molar-refractivity contribution in [1.82, 2.24) is 19.8 Å². The van der Waals surface area contributed by atoms with Gasteiger partial charge in [0.1, 0.15) is 17.1 Å². The average Bonchev–Trinajstić information content (AvgIpc) is 3.29. The van der Waals surface area contributed by atoms with E-state index in [1.54, 1.807) is 35.1 Å². The van der Waals surface area contributed by atoms with E-state index >= 15 is 0 Å². The molecule has 0 unspecified atom stereocenters. The molecule has 2 aromatic carbocycles. The van der Waals surface area contributed by atoms with E-state index in [4.69, 9.17) is 4.74 Å². The number of hydrogen-bond acceptors (Lipinski definition) is 6. The minimum atomic E-state index is -0.174. The van der Waals surface area contributed by atoms with Crippen molar-refractivity contribution in [3.63, 3.8) is 0 Å². The van der Waals surface area contributed by atoms with E-state index in [0.29, 0.717) is 17.9 Å². The van der Waals surface area contributed by atoms with E-state index in [1.165, 1.54) is 11.3 Å². The number of amides is 1. The summed E-state index contributed by atoms with van der Waals surface area (Å²) in [6, 6.07) is 14.7. The van der Waals surface area contributed by atoms with Crippen LogP contribution in [0.2, 0.25) is 0 Å². The Morgan fingerprint density at radius 2 is 2.07 bits per heavy atom. The number of hydrogen-bond donors (Lipinski definition) is 1. The second-order valence-corrected chi connectivity index (χ2v) is 6.83. The summed E-state index contributed by atoms with van der Waals surface area (Å²) in [5.74, 6) is 0.589. The van der Waals surface area contributed by atoms with Crippen molar-refractivity contribution in [2.75, 3.05) is 11.9 Å². The highest BCUT2D eigenvalue weighted by molar-refractivity contribution is 7.19. The van der Waals surface area contributed by atoms with Gasteiger partial charge in [0.15, 0.2) is 0 Å². The molecule has 0 aliphatic carbocycles. The Labute approximate surface area is 159 Å². The maximum atomic E-state index is 12.5. The predicted molar refractivity (Wildman–Crippen MR) is 104 cm³/mol. The topological polar surface area (TPSA) is 81.4 Å². The first-order chi connectivity index (χ1) is 13.2. The number of aromatic nitrogens is 4. The third kappa shape index (κ3) is 3.80. The molecule has 0 fully saturated rings. The highest BCUT2D eigenvalue weighted by atomic mass is 32.1. The molecule has 0 spiro atoms. The highest BCUT2D eigenvalue weighted by Crippen LogP contribution is 2.27. The van der Waals surface area contributed by atoms with Gasteiger partial charge in [0.05, 0.1) is 6.61 Å². The molecule has 2 aromatic heterocycles. The Kier molecular flexibility index (Phi) is 4.80. The quantitative estimate of drug-likeness (QED) is 0.550. The predicted octanol–water partition coefficient (Wildman–Crippen LogP) is 3.89. The number of carbonyl (C=O) groups is 1. The molecular formula is C19H17N5O2S. The molecule has 136 valence electrons. The molecule has 0 atom stereocenters. The zero-order chi connectivity index (χ0) is 18.6. The number of carbonyl (C=O) groups excluding carboxylic acids is 1. The van der Waals surface area contributed by atoms with E-state index in [2.05, 4.69) is 27.5 Å². The molecule has 1 N–H and O–H groups in total. The van der Waals surface area contributed by atoms with Crippen molar-refractivity contribution < 1.29 is 9.53 Å². The van der Waals surface area contributed by atoms with Gasteiger partial charge in [-0.1, -0.05) is 30.4 Å². The molecule has 8 heteroatoms. The van der Waals surface area contributed by atoms with Gasteiger partial charge in [-0.05, 0) is 42.8 Å². The van der Waals surface area contributed by atoms with Gasteiger partial charge in [-0.2, -0.15) is 9.61 Å². The van der Waals surface area contributed by atoms with Crippen LogP contribution in [0.5, 0.6) is 5.75 Å². The maximum absolute atomic E-state index is 12.5. The summed E-state index contributed by atoms with van der Waals surface area (Å²) >= 11 is 1.44. The van der Waals surface area contributed by atoms with Crippen molar-refractivity contribution in [3.8, 4) is 16.3 Å². The number of nitrogens with one attached hydrogen (secondary N) is 1. The molecule has 27 heavy (non-hydrogen) atoms. The first-order valence-corrected chi connectivity index (χ1v) is 9.36. The lowest BCUT2D eigenvalue weighted by molar-refractivity contribution is 0.102. The highest BCUT2D eigenvalue weighted by Gasteiger charge is 2.10. The average molecular weight is 379 g/mol. The molecule has 0 saturated heterocycles. The molecule has 4 aromatic rings. The maximum Gasteiger partial charge on any atom is 0.255 e. The van der Waals surface area contributed by atoms with Crippen LogP contribution in [0, 0.1) is 0 Å². The first kappa shape index (κ1) is 17.2. The molecule has 0 saturated carbocycles. The number of ether oxygens (including phenoxy) is 1. The van der Waals surface area contributed by atoms with Crippen molar-refractivity contribution >= 4 is 27.9 Å². The number of nitrogens with zero attached hydrogens (tertiary/aromatic N) is 4. The van der Waals surface area contributed by atoms with E-state index in [1.807, 2.05) is 24.3 Å². The summed E-state index contributed by atoms with van der Waals surface area (Å²) in [5, 5.41) is 16.0. The van der Waals surface area contributed by atoms with Gasteiger partial charge in [0.25, 0.3) is 5.91 Å². The lowest BCUT2D eigenvalue weighted by Crippen LogP contribution is -2.11. The van der Waals surface area contributed by atoms with Crippen LogP contribution in [0.25, 0.3) is 15.5 Å². The monoisotopic (exact) mass is 379 g/mol. The normalized spacial score (nSPS) is 10.9. The summed E-state index contributed by atoms with van der Waals surface area (Å²) < 4.78 is 7.17. The van der Waals surface area contributed by atoms with Crippen LogP contribution in [0.1, 0.15) is 23.7 Å².